The molecule has 1 aliphatic rings. The van der Waals surface area contributed by atoms with Crippen LogP contribution in [-0.4, -0.2) is 11.7 Å². The van der Waals surface area contributed by atoms with Crippen molar-refractivity contribution in [1.82, 2.24) is 5.32 Å². The summed E-state index contributed by atoms with van der Waals surface area (Å²) >= 11 is 0. The van der Waals surface area contributed by atoms with Crippen LogP contribution < -0.4 is 10.9 Å². The van der Waals surface area contributed by atoms with Gasteiger partial charge in [-0.25, -0.2) is 4.79 Å². The van der Waals surface area contributed by atoms with Crippen molar-refractivity contribution >= 4 is 11.0 Å². The minimum Gasteiger partial charge on any atom is -0.507 e. The minimum absolute atomic E-state index is 0.000975. The van der Waals surface area contributed by atoms with Gasteiger partial charge in [0, 0.05) is 6.54 Å². The van der Waals surface area contributed by atoms with Gasteiger partial charge in [-0.3, -0.25) is 0 Å². The van der Waals surface area contributed by atoms with Crippen molar-refractivity contribution < 1.29 is 9.52 Å². The van der Waals surface area contributed by atoms with E-state index < -0.39 is 5.63 Å². The highest BCUT2D eigenvalue weighted by atomic mass is 16.4. The van der Waals surface area contributed by atoms with Gasteiger partial charge in [-0.2, -0.15) is 0 Å². The largest absolute Gasteiger partial charge is 0.507 e. The fourth-order valence-electron chi connectivity index (χ4n) is 3.16. The molecule has 0 spiro atoms. The normalized spacial score (nSPS) is 17.4. The second-order valence-electron chi connectivity index (χ2n) is 5.48. The lowest BCUT2D eigenvalue weighted by molar-refractivity contribution is 0.437. The molecule has 1 aliphatic heterocycles. The number of hydrogen-bond donors (Lipinski definition) is 2. The number of aromatic hydroxyl groups is 1. The van der Waals surface area contributed by atoms with Gasteiger partial charge in [0.15, 0.2) is 0 Å². The lowest BCUT2D eigenvalue weighted by Crippen LogP contribution is -2.33. The van der Waals surface area contributed by atoms with E-state index in [9.17, 15) is 9.90 Å². The number of nitrogens with one attached hydrogen (secondary N) is 1. The first-order valence-corrected chi connectivity index (χ1v) is 7.31. The molecule has 4 rings (SSSR count). The summed E-state index contributed by atoms with van der Waals surface area (Å²) in [5.41, 5.74) is 2.40. The van der Waals surface area contributed by atoms with E-state index in [2.05, 4.69) is 11.4 Å². The van der Waals surface area contributed by atoms with Crippen molar-refractivity contribution in [3.63, 3.8) is 0 Å². The third-order valence-corrected chi connectivity index (χ3v) is 4.22. The van der Waals surface area contributed by atoms with Crippen LogP contribution in [0.1, 0.15) is 22.7 Å². The summed E-state index contributed by atoms with van der Waals surface area (Å²) in [6.07, 6.45) is 0.909. The summed E-state index contributed by atoms with van der Waals surface area (Å²) in [5.74, 6) is 0.000975. The van der Waals surface area contributed by atoms with Crippen molar-refractivity contribution in [2.24, 2.45) is 0 Å². The second-order valence-corrected chi connectivity index (χ2v) is 5.48. The van der Waals surface area contributed by atoms with Gasteiger partial charge in [0.1, 0.15) is 16.9 Å². The van der Waals surface area contributed by atoms with E-state index in [1.54, 1.807) is 18.2 Å². The Morgan fingerprint density at radius 1 is 1.09 bits per heavy atom. The molecule has 0 aliphatic carbocycles. The average molecular weight is 293 g/mol. The second kappa shape index (κ2) is 5.00. The van der Waals surface area contributed by atoms with Gasteiger partial charge in [-0.15, -0.1) is 0 Å². The molecule has 0 fully saturated rings. The van der Waals surface area contributed by atoms with Crippen LogP contribution in [-0.2, 0) is 6.42 Å². The zero-order valence-electron chi connectivity index (χ0n) is 11.9. The Morgan fingerprint density at radius 3 is 2.77 bits per heavy atom. The summed E-state index contributed by atoms with van der Waals surface area (Å²) < 4.78 is 5.39. The lowest BCUT2D eigenvalue weighted by atomic mass is 9.90. The van der Waals surface area contributed by atoms with Gasteiger partial charge in [0.05, 0.1) is 11.4 Å². The summed E-state index contributed by atoms with van der Waals surface area (Å²) in [7, 11) is 0. The first-order chi connectivity index (χ1) is 10.8. The molecule has 2 aromatic carbocycles. The van der Waals surface area contributed by atoms with Crippen molar-refractivity contribution in [3.05, 3.63) is 75.6 Å². The summed E-state index contributed by atoms with van der Waals surface area (Å²) in [4.78, 5) is 12.4. The van der Waals surface area contributed by atoms with Crippen LogP contribution in [0.4, 0.5) is 0 Å². The molecule has 0 radical (unpaired) electrons. The first-order valence-electron chi connectivity index (χ1n) is 7.31. The standard InChI is InChI=1S/C18H15NO3/c20-17-13-7-3-4-8-14(13)22-18(21)15(17)16-12-6-2-1-5-11(12)9-10-19-16/h1-8,16,19-20H,9-10H2/t16-/m1/s1. The predicted molar refractivity (Wildman–Crippen MR) is 84.1 cm³/mol. The van der Waals surface area contributed by atoms with Gasteiger partial charge in [-0.1, -0.05) is 36.4 Å². The van der Waals surface area contributed by atoms with Crippen LogP contribution in [0.25, 0.3) is 11.0 Å². The maximum atomic E-state index is 12.4. The highest BCUT2D eigenvalue weighted by molar-refractivity contribution is 5.84. The highest BCUT2D eigenvalue weighted by Crippen LogP contribution is 2.35. The fraction of sp³-hybridized carbons (Fsp3) is 0.167. The van der Waals surface area contributed by atoms with Crippen molar-refractivity contribution in [1.29, 1.82) is 0 Å². The van der Waals surface area contributed by atoms with Gasteiger partial charge < -0.3 is 14.8 Å². The van der Waals surface area contributed by atoms with Crippen LogP contribution in [0.2, 0.25) is 0 Å². The van der Waals surface area contributed by atoms with E-state index in [0.717, 1.165) is 18.5 Å². The van der Waals surface area contributed by atoms with Crippen LogP contribution in [0.5, 0.6) is 5.75 Å². The molecule has 4 heteroatoms. The van der Waals surface area contributed by atoms with Crippen LogP contribution in [0, 0.1) is 0 Å². The summed E-state index contributed by atoms with van der Waals surface area (Å²) in [5, 5.41) is 14.5. The van der Waals surface area contributed by atoms with E-state index >= 15 is 0 Å². The van der Waals surface area contributed by atoms with E-state index in [0.29, 0.717) is 11.0 Å². The molecule has 0 unspecified atom stereocenters. The van der Waals surface area contributed by atoms with E-state index in [4.69, 9.17) is 4.42 Å². The molecule has 0 saturated heterocycles. The Hall–Kier alpha value is -2.59. The quantitative estimate of drug-likeness (QED) is 0.677. The first kappa shape index (κ1) is 13.1. The van der Waals surface area contributed by atoms with E-state index in [1.165, 1.54) is 5.56 Å². The number of benzene rings is 2. The zero-order chi connectivity index (χ0) is 15.1. The Bertz CT molecular complexity index is 914. The average Bonchev–Trinajstić information content (AvgIpc) is 2.55. The van der Waals surface area contributed by atoms with Gasteiger partial charge >= 0.3 is 5.63 Å². The fourth-order valence-corrected chi connectivity index (χ4v) is 3.16. The summed E-state index contributed by atoms with van der Waals surface area (Å²) in [6.45, 7) is 0.757. The van der Waals surface area contributed by atoms with Crippen molar-refractivity contribution in [3.8, 4) is 5.75 Å². The molecular formula is C18H15NO3. The molecule has 3 aromatic rings. The smallest absolute Gasteiger partial charge is 0.345 e. The minimum atomic E-state index is -0.495. The van der Waals surface area contributed by atoms with Crippen LogP contribution in [0.3, 0.4) is 0 Å². The third-order valence-electron chi connectivity index (χ3n) is 4.22. The Kier molecular flexibility index (Phi) is 2.98. The molecule has 0 amide bonds. The number of hydrogen-bond acceptors (Lipinski definition) is 4. The van der Waals surface area contributed by atoms with Gasteiger partial charge in [-0.05, 0) is 29.7 Å². The van der Waals surface area contributed by atoms with E-state index in [1.807, 2.05) is 24.3 Å². The van der Waals surface area contributed by atoms with Gasteiger partial charge in [0.25, 0.3) is 0 Å². The van der Waals surface area contributed by atoms with Crippen LogP contribution in [0.15, 0.2) is 57.7 Å². The molecule has 0 bridgehead atoms. The number of fused-ring (bicyclic) bond motifs is 2. The molecule has 2 N–H and O–H groups in total. The topological polar surface area (TPSA) is 62.5 Å². The highest BCUT2D eigenvalue weighted by Gasteiger charge is 2.28. The van der Waals surface area contributed by atoms with Crippen molar-refractivity contribution in [2.45, 2.75) is 12.5 Å². The maximum absolute atomic E-state index is 12.4. The van der Waals surface area contributed by atoms with Gasteiger partial charge in [0.2, 0.25) is 0 Å². The molecule has 0 saturated carbocycles. The van der Waals surface area contributed by atoms with E-state index in [-0.39, 0.29) is 17.4 Å². The maximum Gasteiger partial charge on any atom is 0.345 e. The lowest BCUT2D eigenvalue weighted by Gasteiger charge is -2.27. The Morgan fingerprint density at radius 2 is 1.86 bits per heavy atom. The number of rotatable bonds is 1. The molecule has 2 heterocycles. The zero-order valence-corrected chi connectivity index (χ0v) is 11.9. The monoisotopic (exact) mass is 293 g/mol. The molecule has 4 nitrogen and oxygen atoms in total. The Labute approximate surface area is 127 Å². The predicted octanol–water partition coefficient (Wildman–Crippen LogP) is 2.73. The molecular weight excluding hydrogens is 278 g/mol. The molecule has 22 heavy (non-hydrogen) atoms. The van der Waals surface area contributed by atoms with Crippen molar-refractivity contribution in [2.75, 3.05) is 6.54 Å². The third kappa shape index (κ3) is 1.92. The summed E-state index contributed by atoms with van der Waals surface area (Å²) in [6, 6.07) is 14.7. The number of para-hydroxylation sites is 1. The van der Waals surface area contributed by atoms with Crippen LogP contribution >= 0.6 is 0 Å². The molecule has 110 valence electrons. The SMILES string of the molecule is O=c1oc2ccccc2c(O)c1[C@@H]1NCCc2ccccc21. The molecule has 1 atom stereocenters. The Balaban J connectivity index is 1.98. The molecule has 1 aromatic heterocycles.